The highest BCUT2D eigenvalue weighted by Gasteiger charge is 2.19. The summed E-state index contributed by atoms with van der Waals surface area (Å²) in [5.41, 5.74) is 2.51. The van der Waals surface area contributed by atoms with Gasteiger partial charge in [0.15, 0.2) is 6.61 Å². The van der Waals surface area contributed by atoms with Gasteiger partial charge in [-0.2, -0.15) is 5.26 Å². The van der Waals surface area contributed by atoms with Crippen LogP contribution in [-0.4, -0.2) is 30.0 Å². The summed E-state index contributed by atoms with van der Waals surface area (Å²) in [6, 6.07) is 7.47. The highest BCUT2D eigenvalue weighted by atomic mass is 16.5. The maximum atomic E-state index is 11.6. The minimum absolute atomic E-state index is 0.0898. The van der Waals surface area contributed by atoms with Crippen LogP contribution in [0.1, 0.15) is 30.4 Å². The first-order valence-corrected chi connectivity index (χ1v) is 6.86. The molecule has 1 aliphatic rings. The largest absolute Gasteiger partial charge is 0.483 e. The van der Waals surface area contributed by atoms with Crippen LogP contribution in [0.3, 0.4) is 0 Å². The van der Waals surface area contributed by atoms with E-state index in [-0.39, 0.29) is 18.9 Å². The molecule has 0 spiro atoms. The molecule has 2 rings (SSSR count). The lowest BCUT2D eigenvalue weighted by atomic mass is 9.89. The van der Waals surface area contributed by atoms with Gasteiger partial charge < -0.3 is 15.3 Å². The summed E-state index contributed by atoms with van der Waals surface area (Å²) in [5, 5.41) is 23.4. The SMILES string of the molecule is N#CCCNC(=O)COc1cccc2c1CCCC2=NO. The second-order valence-corrected chi connectivity index (χ2v) is 4.73. The van der Waals surface area contributed by atoms with Crippen LogP contribution in [-0.2, 0) is 11.2 Å². The van der Waals surface area contributed by atoms with E-state index in [0.717, 1.165) is 30.4 Å². The van der Waals surface area contributed by atoms with Crippen LogP contribution in [0.25, 0.3) is 0 Å². The number of amides is 1. The summed E-state index contributed by atoms with van der Waals surface area (Å²) in [6.45, 7) is 0.236. The van der Waals surface area contributed by atoms with Gasteiger partial charge in [-0.15, -0.1) is 0 Å². The molecule has 0 unspecified atom stereocenters. The molecule has 1 aromatic carbocycles. The van der Waals surface area contributed by atoms with Crippen molar-refractivity contribution in [3.8, 4) is 11.8 Å². The fourth-order valence-electron chi connectivity index (χ4n) is 2.35. The third-order valence-electron chi connectivity index (χ3n) is 3.32. The van der Waals surface area contributed by atoms with Gasteiger partial charge in [0.1, 0.15) is 5.75 Å². The van der Waals surface area contributed by atoms with Crippen LogP contribution >= 0.6 is 0 Å². The minimum atomic E-state index is -0.255. The number of nitrogens with zero attached hydrogens (tertiary/aromatic N) is 2. The van der Waals surface area contributed by atoms with Crippen molar-refractivity contribution < 1.29 is 14.7 Å². The third kappa shape index (κ3) is 3.72. The number of carbonyl (C=O) groups is 1. The van der Waals surface area contributed by atoms with Gasteiger partial charge in [0, 0.05) is 17.7 Å². The fourth-order valence-corrected chi connectivity index (χ4v) is 2.35. The highest BCUT2D eigenvalue weighted by molar-refractivity contribution is 6.02. The number of ether oxygens (including phenoxy) is 1. The first-order valence-electron chi connectivity index (χ1n) is 6.86. The lowest BCUT2D eigenvalue weighted by molar-refractivity contribution is -0.123. The second kappa shape index (κ2) is 7.29. The quantitative estimate of drug-likeness (QED) is 0.488. The molecule has 1 aromatic rings. The summed E-state index contributed by atoms with van der Waals surface area (Å²) in [7, 11) is 0. The molecule has 21 heavy (non-hydrogen) atoms. The van der Waals surface area contributed by atoms with Crippen molar-refractivity contribution in [3.63, 3.8) is 0 Å². The molecule has 2 N–H and O–H groups in total. The van der Waals surface area contributed by atoms with Gasteiger partial charge in [0.25, 0.3) is 5.91 Å². The van der Waals surface area contributed by atoms with Gasteiger partial charge in [-0.25, -0.2) is 0 Å². The van der Waals surface area contributed by atoms with E-state index in [1.165, 1.54) is 0 Å². The number of nitrogens with one attached hydrogen (secondary N) is 1. The molecule has 0 aliphatic heterocycles. The number of oxime groups is 1. The van der Waals surface area contributed by atoms with Gasteiger partial charge in [-0.3, -0.25) is 4.79 Å². The summed E-state index contributed by atoms with van der Waals surface area (Å²) in [4.78, 5) is 11.6. The number of hydrogen-bond donors (Lipinski definition) is 2. The van der Waals surface area contributed by atoms with Crippen LogP contribution in [0, 0.1) is 11.3 Å². The van der Waals surface area contributed by atoms with E-state index >= 15 is 0 Å². The molecule has 0 atom stereocenters. The molecule has 0 saturated heterocycles. The zero-order valence-electron chi connectivity index (χ0n) is 11.6. The Morgan fingerprint density at radius 2 is 2.33 bits per heavy atom. The normalized spacial score (nSPS) is 15.1. The van der Waals surface area contributed by atoms with E-state index in [0.29, 0.717) is 18.0 Å². The smallest absolute Gasteiger partial charge is 0.257 e. The standard InChI is InChI=1S/C15H17N3O3/c16-8-3-9-17-15(19)10-21-14-7-2-4-11-12(14)5-1-6-13(11)18-20/h2,4,7,20H,1,3,5-6,9-10H2,(H,17,19). The van der Waals surface area contributed by atoms with E-state index < -0.39 is 0 Å². The van der Waals surface area contributed by atoms with Crippen LogP contribution in [0.4, 0.5) is 0 Å². The summed E-state index contributed by atoms with van der Waals surface area (Å²) < 4.78 is 5.56. The molecule has 0 radical (unpaired) electrons. The van der Waals surface area contributed by atoms with Crippen LogP contribution in [0.15, 0.2) is 23.4 Å². The van der Waals surface area contributed by atoms with Crippen LogP contribution in [0.2, 0.25) is 0 Å². The second-order valence-electron chi connectivity index (χ2n) is 4.73. The van der Waals surface area contributed by atoms with E-state index in [1.54, 1.807) is 0 Å². The van der Waals surface area contributed by atoms with Gasteiger partial charge >= 0.3 is 0 Å². The third-order valence-corrected chi connectivity index (χ3v) is 3.32. The highest BCUT2D eigenvalue weighted by Crippen LogP contribution is 2.29. The number of benzene rings is 1. The molecule has 0 saturated carbocycles. The van der Waals surface area contributed by atoms with Gasteiger partial charge in [-0.1, -0.05) is 17.3 Å². The number of fused-ring (bicyclic) bond motifs is 1. The van der Waals surface area contributed by atoms with Gasteiger partial charge in [-0.05, 0) is 25.3 Å². The fraction of sp³-hybridized carbons (Fsp3) is 0.400. The van der Waals surface area contributed by atoms with Crippen molar-refractivity contribution >= 4 is 11.6 Å². The Labute approximate surface area is 123 Å². The predicted molar refractivity (Wildman–Crippen MR) is 76.4 cm³/mol. The maximum Gasteiger partial charge on any atom is 0.257 e. The minimum Gasteiger partial charge on any atom is -0.483 e. The summed E-state index contributed by atoms with van der Waals surface area (Å²) in [5.74, 6) is 0.387. The molecule has 0 bridgehead atoms. The zero-order valence-corrected chi connectivity index (χ0v) is 11.6. The number of hydrogen-bond acceptors (Lipinski definition) is 5. The molecule has 0 heterocycles. The van der Waals surface area contributed by atoms with Crippen molar-refractivity contribution in [1.82, 2.24) is 5.32 Å². The first-order chi connectivity index (χ1) is 10.3. The molecule has 6 heteroatoms. The van der Waals surface area contributed by atoms with Crippen molar-refractivity contribution in [2.75, 3.05) is 13.2 Å². The molecule has 0 aromatic heterocycles. The van der Waals surface area contributed by atoms with Gasteiger partial charge in [0.2, 0.25) is 0 Å². The Hall–Kier alpha value is -2.55. The van der Waals surface area contributed by atoms with E-state index in [4.69, 9.17) is 15.2 Å². The van der Waals surface area contributed by atoms with E-state index in [2.05, 4.69) is 10.5 Å². The maximum absolute atomic E-state index is 11.6. The summed E-state index contributed by atoms with van der Waals surface area (Å²) >= 11 is 0. The molecule has 110 valence electrons. The number of rotatable bonds is 5. The Bertz CT molecular complexity index is 590. The Kier molecular flexibility index (Phi) is 5.16. The van der Waals surface area contributed by atoms with Crippen molar-refractivity contribution in [3.05, 3.63) is 29.3 Å². The molecular formula is C15H17N3O3. The molecule has 1 aliphatic carbocycles. The van der Waals surface area contributed by atoms with E-state index in [9.17, 15) is 4.79 Å². The first kappa shape index (κ1) is 14.9. The van der Waals surface area contributed by atoms with Crippen molar-refractivity contribution in [1.29, 1.82) is 5.26 Å². The van der Waals surface area contributed by atoms with Gasteiger partial charge in [0.05, 0.1) is 18.2 Å². The molecule has 1 amide bonds. The van der Waals surface area contributed by atoms with Crippen molar-refractivity contribution in [2.45, 2.75) is 25.7 Å². The Morgan fingerprint density at radius 1 is 1.48 bits per heavy atom. The summed E-state index contributed by atoms with van der Waals surface area (Å²) in [6.07, 6.45) is 2.74. The predicted octanol–water partition coefficient (Wildman–Crippen LogP) is 1.61. The average Bonchev–Trinajstić information content (AvgIpc) is 2.52. The van der Waals surface area contributed by atoms with Crippen LogP contribution in [0.5, 0.6) is 5.75 Å². The monoisotopic (exact) mass is 287 g/mol. The lowest BCUT2D eigenvalue weighted by Gasteiger charge is -2.20. The molecule has 6 nitrogen and oxygen atoms in total. The number of nitriles is 1. The average molecular weight is 287 g/mol. The van der Waals surface area contributed by atoms with Crippen molar-refractivity contribution in [2.24, 2.45) is 5.16 Å². The molecule has 0 fully saturated rings. The number of carbonyl (C=O) groups excluding carboxylic acids is 1. The zero-order chi connectivity index (χ0) is 15.1. The Morgan fingerprint density at radius 3 is 3.10 bits per heavy atom. The lowest BCUT2D eigenvalue weighted by Crippen LogP contribution is -2.29. The van der Waals surface area contributed by atoms with E-state index in [1.807, 2.05) is 24.3 Å². The molecular weight excluding hydrogens is 270 g/mol. The van der Waals surface area contributed by atoms with Crippen LogP contribution < -0.4 is 10.1 Å². The topological polar surface area (TPSA) is 94.7 Å². The Balaban J connectivity index is 2.02.